The summed E-state index contributed by atoms with van der Waals surface area (Å²) in [6, 6.07) is 2.46. The quantitative estimate of drug-likeness (QED) is 0.795. The lowest BCUT2D eigenvalue weighted by atomic mass is 10.3. The smallest absolute Gasteiger partial charge is 0.246 e. The van der Waals surface area contributed by atoms with Crippen molar-refractivity contribution >= 4 is 25.8 Å². The van der Waals surface area contributed by atoms with Crippen molar-refractivity contribution in [3.63, 3.8) is 0 Å². The van der Waals surface area contributed by atoms with Crippen LogP contribution in [0.2, 0.25) is 0 Å². The fourth-order valence-corrected chi connectivity index (χ4v) is 3.16. The monoisotopic (exact) mass is 332 g/mol. The summed E-state index contributed by atoms with van der Waals surface area (Å²) in [4.78, 5) is 2.44. The highest BCUT2D eigenvalue weighted by Gasteiger charge is 2.23. The van der Waals surface area contributed by atoms with E-state index in [1.165, 1.54) is 12.4 Å². The van der Waals surface area contributed by atoms with Crippen LogP contribution in [0.25, 0.3) is 0 Å². The Morgan fingerprint density at radius 2 is 1.86 bits per heavy atom. The first-order chi connectivity index (χ1) is 9.70. The fraction of sp³-hybridized carbons (Fsp3) is 0.100. The molecule has 1 aromatic carbocycles. The van der Waals surface area contributed by atoms with Crippen molar-refractivity contribution in [3.8, 4) is 0 Å². The zero-order valence-electron chi connectivity index (χ0n) is 10.6. The Hall–Kier alpha value is -2.14. The van der Waals surface area contributed by atoms with Gasteiger partial charge in [0.25, 0.3) is 16.0 Å². The number of rotatable bonds is 4. The molecule has 2 aromatic rings. The zero-order chi connectivity index (χ0) is 15.7. The van der Waals surface area contributed by atoms with Crippen molar-refractivity contribution in [2.24, 2.45) is 0 Å². The lowest BCUT2D eigenvalue weighted by Gasteiger charge is -2.08. The lowest BCUT2D eigenvalue weighted by molar-refractivity contribution is 0.567. The van der Waals surface area contributed by atoms with E-state index < -0.39 is 30.6 Å². The number of hydrogen-bond acceptors (Lipinski definition) is 7. The summed E-state index contributed by atoms with van der Waals surface area (Å²) in [5.74, 6) is -1.46. The van der Waals surface area contributed by atoms with Crippen molar-refractivity contribution in [1.82, 2.24) is 15.2 Å². The van der Waals surface area contributed by atoms with E-state index in [0.29, 0.717) is 0 Å². The van der Waals surface area contributed by atoms with Crippen LogP contribution in [0.1, 0.15) is 0 Å². The van der Waals surface area contributed by atoms with Crippen molar-refractivity contribution < 1.29 is 21.2 Å². The summed E-state index contributed by atoms with van der Waals surface area (Å²) < 4.78 is 62.5. The van der Waals surface area contributed by atoms with Gasteiger partial charge in [-0.2, -0.15) is 5.10 Å². The second kappa shape index (κ2) is 5.33. The van der Waals surface area contributed by atoms with E-state index >= 15 is 0 Å². The van der Waals surface area contributed by atoms with E-state index in [-0.39, 0.29) is 10.8 Å². The minimum atomic E-state index is -4.38. The number of nitrogens with one attached hydrogen (secondary N) is 1. The van der Waals surface area contributed by atoms with E-state index in [1.807, 2.05) is 4.72 Å². The van der Waals surface area contributed by atoms with Gasteiger partial charge in [-0.25, -0.2) is 30.9 Å². The van der Waals surface area contributed by atoms with Crippen LogP contribution in [0.15, 0.2) is 40.4 Å². The van der Waals surface area contributed by atoms with Gasteiger partial charge in [0.2, 0.25) is 0 Å². The number of sulfone groups is 1. The highest BCUT2D eigenvalue weighted by atomic mass is 32.2. The summed E-state index contributed by atoms with van der Waals surface area (Å²) in [7, 11) is -8.06. The van der Waals surface area contributed by atoms with Gasteiger partial charge in [0, 0.05) is 6.26 Å². The topological polar surface area (TPSA) is 119 Å². The molecule has 0 saturated carbocycles. The Morgan fingerprint density at radius 3 is 2.43 bits per heavy atom. The molecule has 1 aromatic heterocycles. The van der Waals surface area contributed by atoms with Gasteiger partial charge in [-0.05, 0) is 18.2 Å². The molecule has 0 bridgehead atoms. The average molecular weight is 332 g/mol. The van der Waals surface area contributed by atoms with Gasteiger partial charge in [0.15, 0.2) is 9.84 Å². The molecule has 1 N–H and O–H groups in total. The van der Waals surface area contributed by atoms with Crippen LogP contribution in [-0.4, -0.2) is 38.3 Å². The Kier molecular flexibility index (Phi) is 3.87. The van der Waals surface area contributed by atoms with Crippen LogP contribution in [0.4, 0.5) is 10.3 Å². The number of halogens is 1. The summed E-state index contributed by atoms with van der Waals surface area (Å²) in [5.41, 5.74) is 0. The molecule has 0 spiro atoms. The summed E-state index contributed by atoms with van der Waals surface area (Å²) >= 11 is 0. The van der Waals surface area contributed by atoms with Crippen molar-refractivity contribution in [1.29, 1.82) is 0 Å². The number of sulfonamides is 1. The number of anilines is 1. The Morgan fingerprint density at radius 1 is 1.14 bits per heavy atom. The molecule has 2 rings (SSSR count). The number of hydrogen-bond donors (Lipinski definition) is 1. The molecule has 11 heteroatoms. The number of nitrogens with zero attached hydrogens (tertiary/aromatic N) is 3. The zero-order valence-corrected chi connectivity index (χ0v) is 12.2. The van der Waals surface area contributed by atoms with E-state index in [2.05, 4.69) is 15.2 Å². The first-order valence-electron chi connectivity index (χ1n) is 5.36. The van der Waals surface area contributed by atoms with E-state index in [9.17, 15) is 21.2 Å². The first kappa shape index (κ1) is 15.3. The second-order valence-electron chi connectivity index (χ2n) is 3.94. The minimum Gasteiger partial charge on any atom is -0.246 e. The SMILES string of the molecule is CS(=O)(=O)c1ccc(F)c(S(=O)(=O)Nc2nccnn2)c1. The van der Waals surface area contributed by atoms with Crippen LogP contribution < -0.4 is 4.72 Å². The highest BCUT2D eigenvalue weighted by molar-refractivity contribution is 7.93. The van der Waals surface area contributed by atoms with Crippen molar-refractivity contribution in [2.75, 3.05) is 11.0 Å². The number of aromatic nitrogens is 3. The maximum absolute atomic E-state index is 13.7. The molecule has 0 unspecified atom stereocenters. The molecule has 0 saturated heterocycles. The summed E-state index contributed by atoms with van der Waals surface area (Å²) in [6.07, 6.45) is 3.30. The predicted molar refractivity (Wildman–Crippen MR) is 70.1 cm³/mol. The number of benzene rings is 1. The molecule has 0 aliphatic rings. The molecule has 0 radical (unpaired) electrons. The van der Waals surface area contributed by atoms with Crippen molar-refractivity contribution in [3.05, 3.63) is 36.4 Å². The molecule has 0 fully saturated rings. The Labute approximate surface area is 120 Å². The summed E-state index contributed by atoms with van der Waals surface area (Å²) in [5, 5.41) is 6.81. The summed E-state index contributed by atoms with van der Waals surface area (Å²) in [6.45, 7) is 0. The standard InChI is InChI=1S/C10H9FN4O4S2/c1-20(16,17)7-2-3-8(11)9(6-7)21(18,19)15-10-12-4-5-13-14-10/h2-6H,1H3,(H,12,14,15). The molecule has 0 aliphatic heterocycles. The third-order valence-electron chi connectivity index (χ3n) is 2.33. The Balaban J connectivity index is 2.50. The normalized spacial score (nSPS) is 12.1. The maximum Gasteiger partial charge on any atom is 0.267 e. The third kappa shape index (κ3) is 3.49. The molecule has 112 valence electrons. The molecule has 1 heterocycles. The van der Waals surface area contributed by atoms with Crippen LogP contribution in [0, 0.1) is 5.82 Å². The first-order valence-corrected chi connectivity index (χ1v) is 8.74. The van der Waals surface area contributed by atoms with Gasteiger partial charge in [-0.3, -0.25) is 0 Å². The van der Waals surface area contributed by atoms with Gasteiger partial charge >= 0.3 is 0 Å². The van der Waals surface area contributed by atoms with Crippen LogP contribution in [0.3, 0.4) is 0 Å². The average Bonchev–Trinajstić information content (AvgIpc) is 2.38. The molecular formula is C10H9FN4O4S2. The van der Waals surface area contributed by atoms with Gasteiger partial charge in [-0.15, -0.1) is 5.10 Å². The van der Waals surface area contributed by atoms with Gasteiger partial charge in [0.05, 0.1) is 17.3 Å². The molecular weight excluding hydrogens is 323 g/mol. The van der Waals surface area contributed by atoms with Gasteiger partial charge < -0.3 is 0 Å². The highest BCUT2D eigenvalue weighted by Crippen LogP contribution is 2.21. The fourth-order valence-electron chi connectivity index (χ4n) is 1.39. The maximum atomic E-state index is 13.7. The lowest BCUT2D eigenvalue weighted by Crippen LogP contribution is -2.17. The molecule has 0 atom stereocenters. The van der Waals surface area contributed by atoms with E-state index in [1.54, 1.807) is 0 Å². The van der Waals surface area contributed by atoms with E-state index in [4.69, 9.17) is 0 Å². The van der Waals surface area contributed by atoms with Crippen LogP contribution >= 0.6 is 0 Å². The molecule has 21 heavy (non-hydrogen) atoms. The van der Waals surface area contributed by atoms with Crippen LogP contribution in [0.5, 0.6) is 0 Å². The molecule has 0 amide bonds. The van der Waals surface area contributed by atoms with Gasteiger partial charge in [0.1, 0.15) is 10.7 Å². The van der Waals surface area contributed by atoms with Crippen LogP contribution in [-0.2, 0) is 19.9 Å². The molecule has 0 aliphatic carbocycles. The van der Waals surface area contributed by atoms with Crippen molar-refractivity contribution in [2.45, 2.75) is 9.79 Å². The minimum absolute atomic E-state index is 0.323. The molecule has 8 nitrogen and oxygen atoms in total. The third-order valence-corrected chi connectivity index (χ3v) is 4.78. The Bertz CT molecular complexity index is 869. The second-order valence-corrected chi connectivity index (χ2v) is 7.60. The van der Waals surface area contributed by atoms with E-state index in [0.717, 1.165) is 24.5 Å². The van der Waals surface area contributed by atoms with Gasteiger partial charge in [-0.1, -0.05) is 0 Å². The predicted octanol–water partition coefficient (Wildman–Crippen LogP) is 0.215. The largest absolute Gasteiger partial charge is 0.267 e.